The van der Waals surface area contributed by atoms with Gasteiger partial charge in [0.15, 0.2) is 0 Å². The van der Waals surface area contributed by atoms with E-state index in [1.807, 2.05) is 0 Å². The number of quaternary nitrogens is 2. The highest BCUT2D eigenvalue weighted by Crippen LogP contribution is 2.25. The van der Waals surface area contributed by atoms with Crippen LogP contribution in [0.5, 0.6) is 0 Å². The largest absolute Gasteiger partial charge is 1.00 e. The molecule has 0 aliphatic heterocycles. The van der Waals surface area contributed by atoms with Crippen LogP contribution in [-0.2, 0) is 13.1 Å². The molecule has 0 atom stereocenters. The van der Waals surface area contributed by atoms with E-state index in [1.165, 1.54) is 27.7 Å². The van der Waals surface area contributed by atoms with E-state index in [0.717, 1.165) is 22.1 Å². The zero-order chi connectivity index (χ0) is 18.2. The predicted molar refractivity (Wildman–Crippen MR) is 109 cm³/mol. The molecule has 2 aromatic carbocycles. The summed E-state index contributed by atoms with van der Waals surface area (Å²) in [5.74, 6) is 0. The normalized spacial score (nSPS) is 11.8. The maximum absolute atomic E-state index is 2.39. The minimum Gasteiger partial charge on any atom is -1.00 e. The van der Waals surface area contributed by atoms with Crippen LogP contribution >= 0.6 is 0 Å². The average molecular weight is 591 g/mol. The van der Waals surface area contributed by atoms with Crippen molar-refractivity contribution in [1.29, 1.82) is 0 Å². The number of rotatable bonds is 5. The molecule has 148 valence electrons. The lowest BCUT2D eigenvalue weighted by Gasteiger charge is -2.23. The van der Waals surface area contributed by atoms with Crippen molar-refractivity contribution in [1.82, 2.24) is 9.05 Å². The van der Waals surface area contributed by atoms with E-state index < -0.39 is 0 Å². The SMILES string of the molecule is C[N+](C)(C)Cc1cn(Cc2ccc([N+](C)(C)C)cc2)c2ccccc12.[I-].[I-]. The molecule has 0 amide bonds. The molecule has 0 aliphatic carbocycles. The Kier molecular flexibility index (Phi) is 8.35. The van der Waals surface area contributed by atoms with Gasteiger partial charge in [0.1, 0.15) is 12.2 Å². The fourth-order valence-corrected chi connectivity index (χ4v) is 3.34. The first-order valence-corrected chi connectivity index (χ1v) is 8.92. The minimum atomic E-state index is 0. The maximum Gasteiger partial charge on any atom is 0.132 e. The van der Waals surface area contributed by atoms with Crippen molar-refractivity contribution in [3.05, 3.63) is 65.9 Å². The molecule has 0 N–H and O–H groups in total. The van der Waals surface area contributed by atoms with Crippen molar-refractivity contribution < 1.29 is 52.4 Å². The molecular formula is C22H31I2N3. The van der Waals surface area contributed by atoms with Crippen molar-refractivity contribution >= 4 is 16.6 Å². The Labute approximate surface area is 198 Å². The second-order valence-electron chi connectivity index (χ2n) is 8.93. The molecular weight excluding hydrogens is 560 g/mol. The number of fused-ring (bicyclic) bond motifs is 1. The molecule has 0 radical (unpaired) electrons. The van der Waals surface area contributed by atoms with Crippen LogP contribution in [-0.4, -0.2) is 51.3 Å². The third kappa shape index (κ3) is 6.17. The van der Waals surface area contributed by atoms with Gasteiger partial charge in [-0.05, 0) is 23.8 Å². The Morgan fingerprint density at radius 1 is 0.778 bits per heavy atom. The first-order valence-electron chi connectivity index (χ1n) is 8.92. The van der Waals surface area contributed by atoms with E-state index in [2.05, 4.69) is 102 Å². The van der Waals surface area contributed by atoms with Gasteiger partial charge in [0.2, 0.25) is 0 Å². The summed E-state index contributed by atoms with van der Waals surface area (Å²) in [4.78, 5) is 0. The first kappa shape index (κ1) is 24.4. The highest BCUT2D eigenvalue weighted by Gasteiger charge is 2.16. The summed E-state index contributed by atoms with van der Waals surface area (Å²) in [6, 6.07) is 17.8. The number of aromatic nitrogens is 1. The lowest BCUT2D eigenvalue weighted by atomic mass is 10.1. The van der Waals surface area contributed by atoms with Gasteiger partial charge >= 0.3 is 0 Å². The number of nitrogens with zero attached hydrogens (tertiary/aromatic N) is 3. The van der Waals surface area contributed by atoms with Crippen LogP contribution in [0.4, 0.5) is 5.69 Å². The summed E-state index contributed by atoms with van der Waals surface area (Å²) >= 11 is 0. The quantitative estimate of drug-likeness (QED) is 0.242. The van der Waals surface area contributed by atoms with Gasteiger partial charge in [-0.3, -0.25) is 4.48 Å². The van der Waals surface area contributed by atoms with Crippen LogP contribution in [0.15, 0.2) is 54.7 Å². The molecule has 3 rings (SSSR count). The van der Waals surface area contributed by atoms with Gasteiger partial charge in [-0.15, -0.1) is 0 Å². The second kappa shape index (κ2) is 9.24. The van der Waals surface area contributed by atoms with Crippen LogP contribution in [0, 0.1) is 0 Å². The molecule has 0 spiro atoms. The molecule has 1 heterocycles. The van der Waals surface area contributed by atoms with Gasteiger partial charge in [0, 0.05) is 29.2 Å². The third-order valence-electron chi connectivity index (χ3n) is 4.58. The van der Waals surface area contributed by atoms with Gasteiger partial charge in [-0.1, -0.05) is 30.3 Å². The Balaban J connectivity index is 0.00000182. The van der Waals surface area contributed by atoms with Crippen molar-refractivity contribution in [3.63, 3.8) is 0 Å². The molecule has 0 unspecified atom stereocenters. The van der Waals surface area contributed by atoms with E-state index in [0.29, 0.717) is 0 Å². The van der Waals surface area contributed by atoms with Crippen LogP contribution in [0.3, 0.4) is 0 Å². The second-order valence-corrected chi connectivity index (χ2v) is 8.93. The zero-order valence-electron chi connectivity index (χ0n) is 17.2. The predicted octanol–water partition coefficient (Wildman–Crippen LogP) is -1.90. The Bertz CT molecular complexity index is 869. The zero-order valence-corrected chi connectivity index (χ0v) is 21.5. The first-order chi connectivity index (χ1) is 11.6. The van der Waals surface area contributed by atoms with Gasteiger partial charge in [-0.2, -0.15) is 0 Å². The Hall–Kier alpha value is -0.640. The molecule has 5 heteroatoms. The van der Waals surface area contributed by atoms with Gasteiger partial charge in [0.25, 0.3) is 0 Å². The van der Waals surface area contributed by atoms with Crippen molar-refractivity contribution in [2.24, 2.45) is 0 Å². The molecule has 0 saturated heterocycles. The minimum absolute atomic E-state index is 0. The number of benzene rings is 2. The monoisotopic (exact) mass is 591 g/mol. The number of halogens is 2. The summed E-state index contributed by atoms with van der Waals surface area (Å²) in [7, 11) is 13.3. The van der Waals surface area contributed by atoms with E-state index in [1.54, 1.807) is 0 Å². The van der Waals surface area contributed by atoms with Crippen molar-refractivity contribution in [2.45, 2.75) is 13.1 Å². The molecule has 27 heavy (non-hydrogen) atoms. The molecule has 1 aromatic heterocycles. The lowest BCUT2D eigenvalue weighted by molar-refractivity contribution is -0.883. The fourth-order valence-electron chi connectivity index (χ4n) is 3.34. The molecule has 0 bridgehead atoms. The summed E-state index contributed by atoms with van der Waals surface area (Å²) < 4.78 is 4.17. The third-order valence-corrected chi connectivity index (χ3v) is 4.58. The maximum atomic E-state index is 2.39. The fraction of sp³-hybridized carbons (Fsp3) is 0.364. The molecule has 0 fully saturated rings. The Morgan fingerprint density at radius 3 is 1.93 bits per heavy atom. The van der Waals surface area contributed by atoms with Crippen LogP contribution in [0.1, 0.15) is 11.1 Å². The van der Waals surface area contributed by atoms with Gasteiger partial charge in [0.05, 0.1) is 42.3 Å². The van der Waals surface area contributed by atoms with Crippen LogP contribution < -0.4 is 52.4 Å². The molecule has 0 saturated carbocycles. The van der Waals surface area contributed by atoms with Crippen LogP contribution in [0.2, 0.25) is 0 Å². The topological polar surface area (TPSA) is 4.93 Å². The van der Waals surface area contributed by atoms with E-state index in [4.69, 9.17) is 0 Å². The van der Waals surface area contributed by atoms with E-state index in [9.17, 15) is 0 Å². The van der Waals surface area contributed by atoms with Gasteiger partial charge in [-0.25, -0.2) is 0 Å². The highest BCUT2D eigenvalue weighted by atomic mass is 127. The lowest BCUT2D eigenvalue weighted by Crippen LogP contribution is -3.00. The van der Waals surface area contributed by atoms with Gasteiger partial charge < -0.3 is 57.0 Å². The van der Waals surface area contributed by atoms with Crippen molar-refractivity contribution in [2.75, 3.05) is 42.3 Å². The summed E-state index contributed by atoms with van der Waals surface area (Å²) in [6.45, 7) is 1.95. The summed E-state index contributed by atoms with van der Waals surface area (Å²) in [5.41, 5.74) is 5.41. The molecule has 0 aliphatic rings. The number of hydrogen-bond acceptors (Lipinski definition) is 0. The summed E-state index contributed by atoms with van der Waals surface area (Å²) in [5, 5.41) is 1.37. The molecule has 3 aromatic rings. The Morgan fingerprint density at radius 2 is 1.37 bits per heavy atom. The van der Waals surface area contributed by atoms with E-state index in [-0.39, 0.29) is 48.0 Å². The molecule has 3 nitrogen and oxygen atoms in total. The standard InChI is InChI=1S/C22H31N3.2HI/c1-24(2,3)17-19-16-23(22-10-8-7-9-21(19)22)15-18-11-13-20(14-12-18)25(4,5)6;;/h7-14,16H,15,17H2,1-6H3;2*1H/q+2;;/p-2. The smallest absolute Gasteiger partial charge is 0.132 e. The average Bonchev–Trinajstić information content (AvgIpc) is 2.83. The van der Waals surface area contributed by atoms with E-state index >= 15 is 0 Å². The van der Waals surface area contributed by atoms with Crippen molar-refractivity contribution in [3.8, 4) is 0 Å². The number of para-hydroxylation sites is 1. The summed E-state index contributed by atoms with van der Waals surface area (Å²) in [6.07, 6.45) is 2.34. The van der Waals surface area contributed by atoms with Crippen LogP contribution in [0.25, 0.3) is 10.9 Å². The highest BCUT2D eigenvalue weighted by molar-refractivity contribution is 5.84. The number of hydrogen-bond donors (Lipinski definition) is 0.